The number of primary amides is 1. The fourth-order valence-electron chi connectivity index (χ4n) is 5.17. The Morgan fingerprint density at radius 1 is 1.02 bits per heavy atom. The number of carbonyl (C=O) groups excluding carboxylic acids is 1. The molecule has 0 radical (unpaired) electrons. The Labute approximate surface area is 233 Å². The molecule has 4 aromatic rings. The number of imidazole rings is 1. The van der Waals surface area contributed by atoms with Gasteiger partial charge in [0.2, 0.25) is 5.91 Å². The third-order valence-corrected chi connectivity index (χ3v) is 7.09. The molecule has 1 aliphatic rings. The van der Waals surface area contributed by atoms with Crippen molar-refractivity contribution in [1.82, 2.24) is 14.1 Å². The molecule has 6 nitrogen and oxygen atoms in total. The highest BCUT2D eigenvalue weighted by molar-refractivity contribution is 5.95. The summed E-state index contributed by atoms with van der Waals surface area (Å²) in [6.45, 7) is 9.57. The molecule has 2 aromatic heterocycles. The zero-order chi connectivity index (χ0) is 29.1. The normalized spacial score (nSPS) is 14.7. The van der Waals surface area contributed by atoms with Crippen molar-refractivity contribution in [3.63, 3.8) is 0 Å². The molecule has 1 aliphatic heterocycles. The Bertz CT molecular complexity index is 1460. The van der Waals surface area contributed by atoms with Crippen LogP contribution in [0.1, 0.15) is 55.4 Å². The minimum Gasteiger partial charge on any atom is -0.381 e. The van der Waals surface area contributed by atoms with Crippen molar-refractivity contribution in [3.05, 3.63) is 77.9 Å². The second-order valence-electron chi connectivity index (χ2n) is 11.4. The van der Waals surface area contributed by atoms with Gasteiger partial charge in [0.1, 0.15) is 5.82 Å². The SMILES string of the molecule is Cn1cc(-c2cn(CC3CCOCC3)c(C(C)(C)C)n2)c2ccccc21.NC(=O)c1ccccc1CC(F)(F)F. The van der Waals surface area contributed by atoms with E-state index in [0.29, 0.717) is 5.92 Å². The molecule has 9 heteroatoms. The Balaban J connectivity index is 0.000000224. The third-order valence-electron chi connectivity index (χ3n) is 7.09. The van der Waals surface area contributed by atoms with Gasteiger partial charge in [-0.2, -0.15) is 13.2 Å². The van der Waals surface area contributed by atoms with Crippen LogP contribution in [-0.4, -0.2) is 39.4 Å². The highest BCUT2D eigenvalue weighted by atomic mass is 19.4. The van der Waals surface area contributed by atoms with E-state index < -0.39 is 18.5 Å². The number of aryl methyl sites for hydroxylation is 1. The molecule has 1 fully saturated rings. The number of benzene rings is 2. The van der Waals surface area contributed by atoms with Crippen molar-refractivity contribution in [3.8, 4) is 11.3 Å². The molecule has 0 unspecified atom stereocenters. The lowest BCUT2D eigenvalue weighted by Gasteiger charge is -2.25. The number of rotatable bonds is 5. The lowest BCUT2D eigenvalue weighted by molar-refractivity contribution is -0.127. The maximum absolute atomic E-state index is 12.0. The van der Waals surface area contributed by atoms with Gasteiger partial charge in [0.25, 0.3) is 0 Å². The Morgan fingerprint density at radius 2 is 1.68 bits per heavy atom. The van der Waals surface area contributed by atoms with E-state index in [4.69, 9.17) is 15.5 Å². The smallest absolute Gasteiger partial charge is 0.381 e. The van der Waals surface area contributed by atoms with Crippen LogP contribution in [-0.2, 0) is 30.2 Å². The van der Waals surface area contributed by atoms with E-state index in [1.165, 1.54) is 46.6 Å². The first kappa shape index (κ1) is 29.4. The van der Waals surface area contributed by atoms with Gasteiger partial charge in [-0.3, -0.25) is 4.79 Å². The van der Waals surface area contributed by atoms with E-state index in [-0.39, 0.29) is 16.5 Å². The van der Waals surface area contributed by atoms with Gasteiger partial charge in [-0.15, -0.1) is 0 Å². The van der Waals surface area contributed by atoms with Crippen LogP contribution in [0.5, 0.6) is 0 Å². The molecule has 214 valence electrons. The maximum atomic E-state index is 12.0. The summed E-state index contributed by atoms with van der Waals surface area (Å²) in [6, 6.07) is 14.0. The number of carbonyl (C=O) groups is 1. The molecule has 2 N–H and O–H groups in total. The van der Waals surface area contributed by atoms with Crippen LogP contribution in [0.15, 0.2) is 60.9 Å². The van der Waals surface area contributed by atoms with Crippen molar-refractivity contribution in [2.45, 2.75) is 58.2 Å². The first-order chi connectivity index (χ1) is 18.8. The van der Waals surface area contributed by atoms with Crippen LogP contribution in [0.2, 0.25) is 0 Å². The van der Waals surface area contributed by atoms with E-state index in [9.17, 15) is 18.0 Å². The van der Waals surface area contributed by atoms with Crippen LogP contribution < -0.4 is 5.73 Å². The molecule has 0 bridgehead atoms. The molecular weight excluding hydrogens is 517 g/mol. The lowest BCUT2D eigenvalue weighted by atomic mass is 9.94. The molecule has 40 heavy (non-hydrogen) atoms. The molecule has 0 saturated carbocycles. The number of nitrogens with zero attached hydrogens (tertiary/aromatic N) is 3. The largest absolute Gasteiger partial charge is 0.393 e. The molecule has 5 rings (SSSR count). The number of fused-ring (bicyclic) bond motifs is 1. The number of amides is 1. The van der Waals surface area contributed by atoms with Crippen molar-refractivity contribution >= 4 is 16.8 Å². The van der Waals surface area contributed by atoms with Crippen molar-refractivity contribution < 1.29 is 22.7 Å². The minimum absolute atomic E-state index is 0.0218. The van der Waals surface area contributed by atoms with Crippen molar-refractivity contribution in [2.75, 3.05) is 13.2 Å². The zero-order valence-electron chi connectivity index (χ0n) is 23.5. The van der Waals surface area contributed by atoms with Gasteiger partial charge in [0.15, 0.2) is 0 Å². The van der Waals surface area contributed by atoms with Gasteiger partial charge in [0.05, 0.1) is 12.1 Å². The second-order valence-corrected chi connectivity index (χ2v) is 11.4. The van der Waals surface area contributed by atoms with Gasteiger partial charge >= 0.3 is 6.18 Å². The predicted octanol–water partition coefficient (Wildman–Crippen LogP) is 6.66. The second kappa shape index (κ2) is 11.9. The van der Waals surface area contributed by atoms with Gasteiger partial charge in [-0.05, 0) is 36.5 Å². The Morgan fingerprint density at radius 3 is 2.33 bits per heavy atom. The van der Waals surface area contributed by atoms with E-state index in [2.05, 4.69) is 73.6 Å². The van der Waals surface area contributed by atoms with Crippen LogP contribution in [0.3, 0.4) is 0 Å². The third kappa shape index (κ3) is 7.13. The number of hydrogen-bond donors (Lipinski definition) is 1. The number of para-hydroxylation sites is 1. The monoisotopic (exact) mass is 554 g/mol. The van der Waals surface area contributed by atoms with Gasteiger partial charge in [0, 0.05) is 66.6 Å². The first-order valence-electron chi connectivity index (χ1n) is 13.5. The van der Waals surface area contributed by atoms with Crippen molar-refractivity contribution in [2.24, 2.45) is 18.7 Å². The molecule has 2 aromatic carbocycles. The summed E-state index contributed by atoms with van der Waals surface area (Å²) in [5.41, 5.74) is 8.33. The van der Waals surface area contributed by atoms with E-state index >= 15 is 0 Å². The maximum Gasteiger partial charge on any atom is 0.393 e. The number of hydrogen-bond acceptors (Lipinski definition) is 3. The molecule has 1 saturated heterocycles. The molecule has 0 atom stereocenters. The van der Waals surface area contributed by atoms with Gasteiger partial charge < -0.3 is 19.6 Å². The predicted molar refractivity (Wildman–Crippen MR) is 151 cm³/mol. The fraction of sp³-hybridized carbons (Fsp3) is 0.419. The highest BCUT2D eigenvalue weighted by Crippen LogP contribution is 2.33. The molecule has 0 aliphatic carbocycles. The summed E-state index contributed by atoms with van der Waals surface area (Å²) in [7, 11) is 2.11. The van der Waals surface area contributed by atoms with Crippen LogP contribution >= 0.6 is 0 Å². The molecule has 3 heterocycles. The summed E-state index contributed by atoms with van der Waals surface area (Å²) in [5, 5.41) is 1.27. The lowest BCUT2D eigenvalue weighted by Crippen LogP contribution is -2.24. The number of aromatic nitrogens is 3. The van der Waals surface area contributed by atoms with E-state index in [1.54, 1.807) is 0 Å². The summed E-state index contributed by atoms with van der Waals surface area (Å²) in [6.07, 6.45) is 1.30. The summed E-state index contributed by atoms with van der Waals surface area (Å²) >= 11 is 0. The highest BCUT2D eigenvalue weighted by Gasteiger charge is 2.29. The van der Waals surface area contributed by atoms with Crippen molar-refractivity contribution in [1.29, 1.82) is 0 Å². The van der Waals surface area contributed by atoms with Crippen LogP contribution in [0, 0.1) is 5.92 Å². The Kier molecular flexibility index (Phi) is 8.73. The zero-order valence-corrected chi connectivity index (χ0v) is 23.5. The number of ether oxygens (including phenoxy) is 1. The van der Waals surface area contributed by atoms with Gasteiger partial charge in [-0.25, -0.2) is 4.98 Å². The van der Waals surface area contributed by atoms with Gasteiger partial charge in [-0.1, -0.05) is 57.2 Å². The quantitative estimate of drug-likeness (QED) is 0.300. The number of alkyl halides is 3. The average molecular weight is 555 g/mol. The first-order valence-corrected chi connectivity index (χ1v) is 13.5. The standard InChI is InChI=1S/C22H29N3O.C9H8F3NO/c1-22(2,3)21-23-19(15-25(21)13-16-9-11-26-12-10-16)18-14-24(4)20-8-6-5-7-17(18)20;10-9(11,12)5-6-3-1-2-4-7(6)8(13)14/h5-8,14-16H,9-13H2,1-4H3;1-4H,5H2,(H2,13,14). The van der Waals surface area contributed by atoms with Crippen LogP contribution in [0.25, 0.3) is 22.2 Å². The minimum atomic E-state index is -4.33. The molecule has 0 spiro atoms. The van der Waals surface area contributed by atoms with Crippen LogP contribution in [0.4, 0.5) is 13.2 Å². The average Bonchev–Trinajstić information content (AvgIpc) is 3.46. The van der Waals surface area contributed by atoms with E-state index in [1.807, 2.05) is 0 Å². The molecular formula is C31H37F3N4O2. The summed E-state index contributed by atoms with van der Waals surface area (Å²) < 4.78 is 46.2. The topological polar surface area (TPSA) is 75.1 Å². The number of halogens is 3. The summed E-state index contributed by atoms with van der Waals surface area (Å²) in [5.74, 6) is 1.01. The van der Waals surface area contributed by atoms with E-state index in [0.717, 1.165) is 38.3 Å². The fourth-order valence-corrected chi connectivity index (χ4v) is 5.17. The summed E-state index contributed by atoms with van der Waals surface area (Å²) in [4.78, 5) is 15.9. The Hall–Kier alpha value is -3.59. The molecule has 1 amide bonds. The number of nitrogens with two attached hydrogens (primary N) is 1.